The second kappa shape index (κ2) is 7.71. The van der Waals surface area contributed by atoms with E-state index in [2.05, 4.69) is 16.1 Å². The lowest BCUT2D eigenvalue weighted by Gasteiger charge is -2.30. The van der Waals surface area contributed by atoms with E-state index in [1.807, 2.05) is 0 Å². The van der Waals surface area contributed by atoms with Gasteiger partial charge >= 0.3 is 6.18 Å². The van der Waals surface area contributed by atoms with Gasteiger partial charge in [0.05, 0.1) is 18.2 Å². The molecule has 0 aromatic heterocycles. The molecule has 2 rings (SSSR count). The molecule has 1 fully saturated rings. The lowest BCUT2D eigenvalue weighted by Crippen LogP contribution is -2.41. The Morgan fingerprint density at radius 1 is 1.42 bits per heavy atom. The molecule has 0 spiro atoms. The van der Waals surface area contributed by atoms with Gasteiger partial charge in [-0.1, -0.05) is 18.1 Å². The highest BCUT2D eigenvalue weighted by molar-refractivity contribution is 5.79. The molecule has 1 unspecified atom stereocenters. The SMILES string of the molecule is C#CCN1CCC(C(=O)NC(C)c2cccc(C(F)(F)F)c2)CC1. The highest BCUT2D eigenvalue weighted by Crippen LogP contribution is 2.30. The van der Waals surface area contributed by atoms with Gasteiger partial charge in [-0.3, -0.25) is 9.69 Å². The van der Waals surface area contributed by atoms with Crippen molar-refractivity contribution in [3.05, 3.63) is 35.4 Å². The van der Waals surface area contributed by atoms with Crippen LogP contribution in [-0.4, -0.2) is 30.4 Å². The van der Waals surface area contributed by atoms with Gasteiger partial charge in [-0.05, 0) is 50.6 Å². The molecule has 0 radical (unpaired) electrons. The van der Waals surface area contributed by atoms with Gasteiger partial charge in [-0.15, -0.1) is 6.42 Å². The summed E-state index contributed by atoms with van der Waals surface area (Å²) in [5.74, 6) is 2.36. The van der Waals surface area contributed by atoms with E-state index in [4.69, 9.17) is 6.42 Å². The number of hydrogen-bond acceptors (Lipinski definition) is 2. The highest BCUT2D eigenvalue weighted by Gasteiger charge is 2.31. The zero-order chi connectivity index (χ0) is 17.7. The Kier molecular flexibility index (Phi) is 5.89. The molecule has 1 saturated heterocycles. The largest absolute Gasteiger partial charge is 0.416 e. The minimum Gasteiger partial charge on any atom is -0.349 e. The average Bonchev–Trinajstić information content (AvgIpc) is 2.55. The number of hydrogen-bond donors (Lipinski definition) is 1. The second-order valence-electron chi connectivity index (χ2n) is 6.11. The maximum absolute atomic E-state index is 12.8. The number of amides is 1. The van der Waals surface area contributed by atoms with Gasteiger partial charge < -0.3 is 5.32 Å². The van der Waals surface area contributed by atoms with Crippen LogP contribution in [0.15, 0.2) is 24.3 Å². The molecule has 1 amide bonds. The fourth-order valence-electron chi connectivity index (χ4n) is 2.88. The first kappa shape index (κ1) is 18.3. The number of rotatable bonds is 4. The number of nitrogens with zero attached hydrogens (tertiary/aromatic N) is 1. The van der Waals surface area contributed by atoms with Gasteiger partial charge in [0.2, 0.25) is 5.91 Å². The Morgan fingerprint density at radius 3 is 2.67 bits per heavy atom. The molecule has 3 nitrogen and oxygen atoms in total. The zero-order valence-corrected chi connectivity index (χ0v) is 13.6. The summed E-state index contributed by atoms with van der Waals surface area (Å²) in [7, 11) is 0. The number of likely N-dealkylation sites (tertiary alicyclic amines) is 1. The topological polar surface area (TPSA) is 32.3 Å². The molecule has 24 heavy (non-hydrogen) atoms. The van der Waals surface area contributed by atoms with Crippen molar-refractivity contribution < 1.29 is 18.0 Å². The Hall–Kier alpha value is -2.00. The standard InChI is InChI=1S/C18H21F3N2O/c1-3-9-23-10-7-14(8-11-23)17(24)22-13(2)15-5-4-6-16(12-15)18(19,20)21/h1,4-6,12-14H,7-11H2,2H3,(H,22,24). The van der Waals surface area contributed by atoms with Gasteiger partial charge in [-0.2, -0.15) is 13.2 Å². The summed E-state index contributed by atoms with van der Waals surface area (Å²) >= 11 is 0. The summed E-state index contributed by atoms with van der Waals surface area (Å²) in [6.45, 7) is 3.80. The van der Waals surface area contributed by atoms with Crippen LogP contribution < -0.4 is 5.32 Å². The van der Waals surface area contributed by atoms with E-state index < -0.39 is 17.8 Å². The molecular weight excluding hydrogens is 317 g/mol. The van der Waals surface area contributed by atoms with E-state index in [0.717, 1.165) is 25.2 Å². The number of nitrogens with one attached hydrogen (secondary N) is 1. The smallest absolute Gasteiger partial charge is 0.349 e. The number of benzene rings is 1. The van der Waals surface area contributed by atoms with Gasteiger partial charge in [0.25, 0.3) is 0 Å². The third kappa shape index (κ3) is 4.75. The maximum atomic E-state index is 12.8. The van der Waals surface area contributed by atoms with Crippen LogP contribution in [0.4, 0.5) is 13.2 Å². The lowest BCUT2D eigenvalue weighted by atomic mass is 9.95. The number of carbonyl (C=O) groups is 1. The van der Waals surface area contributed by atoms with Crippen LogP contribution in [0.1, 0.15) is 36.9 Å². The van der Waals surface area contributed by atoms with Crippen molar-refractivity contribution in [2.75, 3.05) is 19.6 Å². The summed E-state index contributed by atoms with van der Waals surface area (Å²) in [4.78, 5) is 14.4. The van der Waals surface area contributed by atoms with E-state index >= 15 is 0 Å². The van der Waals surface area contributed by atoms with Crippen LogP contribution in [0, 0.1) is 18.3 Å². The van der Waals surface area contributed by atoms with Crippen LogP contribution in [0.5, 0.6) is 0 Å². The van der Waals surface area contributed by atoms with E-state index in [0.29, 0.717) is 24.9 Å². The monoisotopic (exact) mass is 338 g/mol. The predicted octanol–water partition coefficient (Wildman–Crippen LogP) is 3.23. The average molecular weight is 338 g/mol. The fourth-order valence-corrected chi connectivity index (χ4v) is 2.88. The molecule has 1 aromatic carbocycles. The molecule has 1 heterocycles. The molecular formula is C18H21F3N2O. The number of piperidine rings is 1. The van der Waals surface area contributed by atoms with Gasteiger partial charge in [-0.25, -0.2) is 0 Å². The lowest BCUT2D eigenvalue weighted by molar-refractivity contribution is -0.137. The Balaban J connectivity index is 1.94. The highest BCUT2D eigenvalue weighted by atomic mass is 19.4. The van der Waals surface area contributed by atoms with Crippen LogP contribution in [0.3, 0.4) is 0 Å². The number of alkyl halides is 3. The first-order chi connectivity index (χ1) is 11.3. The van der Waals surface area contributed by atoms with Crippen molar-refractivity contribution >= 4 is 5.91 Å². The Morgan fingerprint density at radius 2 is 2.08 bits per heavy atom. The van der Waals surface area contributed by atoms with Crippen LogP contribution >= 0.6 is 0 Å². The second-order valence-corrected chi connectivity index (χ2v) is 6.11. The molecule has 1 aromatic rings. The molecule has 0 aliphatic carbocycles. The van der Waals surface area contributed by atoms with Crippen molar-refractivity contribution in [2.24, 2.45) is 5.92 Å². The molecule has 1 aliphatic rings. The van der Waals surface area contributed by atoms with Gasteiger partial charge in [0.1, 0.15) is 0 Å². The number of carbonyl (C=O) groups excluding carboxylic acids is 1. The number of halogens is 3. The van der Waals surface area contributed by atoms with Crippen molar-refractivity contribution in [1.82, 2.24) is 10.2 Å². The minimum absolute atomic E-state index is 0.111. The van der Waals surface area contributed by atoms with E-state index in [-0.39, 0.29) is 11.8 Å². The van der Waals surface area contributed by atoms with Crippen molar-refractivity contribution in [3.63, 3.8) is 0 Å². The number of terminal acetylenes is 1. The molecule has 0 saturated carbocycles. The third-order valence-corrected chi connectivity index (χ3v) is 4.35. The third-order valence-electron chi connectivity index (χ3n) is 4.35. The molecule has 1 atom stereocenters. The summed E-state index contributed by atoms with van der Waals surface area (Å²) in [6.07, 6.45) is 2.31. The zero-order valence-electron chi connectivity index (χ0n) is 13.6. The summed E-state index contributed by atoms with van der Waals surface area (Å²) in [6, 6.07) is 4.60. The Bertz CT molecular complexity index is 613. The van der Waals surface area contributed by atoms with Crippen molar-refractivity contribution in [3.8, 4) is 12.3 Å². The van der Waals surface area contributed by atoms with Gasteiger partial charge in [0, 0.05) is 5.92 Å². The molecule has 130 valence electrons. The van der Waals surface area contributed by atoms with Crippen LogP contribution in [0.2, 0.25) is 0 Å². The summed E-state index contributed by atoms with van der Waals surface area (Å²) in [5.41, 5.74) is -0.258. The van der Waals surface area contributed by atoms with E-state index in [1.54, 1.807) is 13.0 Å². The fraction of sp³-hybridized carbons (Fsp3) is 0.500. The molecule has 1 N–H and O–H groups in total. The van der Waals surface area contributed by atoms with Crippen LogP contribution in [0.25, 0.3) is 0 Å². The molecule has 0 bridgehead atoms. The summed E-state index contributed by atoms with van der Waals surface area (Å²) < 4.78 is 38.3. The molecule has 6 heteroatoms. The normalized spacial score (nSPS) is 18.0. The van der Waals surface area contributed by atoms with E-state index in [9.17, 15) is 18.0 Å². The minimum atomic E-state index is -4.39. The maximum Gasteiger partial charge on any atom is 0.416 e. The first-order valence-electron chi connectivity index (χ1n) is 7.94. The summed E-state index contributed by atoms with van der Waals surface area (Å²) in [5, 5.41) is 2.83. The quantitative estimate of drug-likeness (QED) is 0.855. The van der Waals surface area contributed by atoms with Gasteiger partial charge in [0.15, 0.2) is 0 Å². The molecule has 1 aliphatic heterocycles. The van der Waals surface area contributed by atoms with Crippen molar-refractivity contribution in [1.29, 1.82) is 0 Å². The van der Waals surface area contributed by atoms with Crippen molar-refractivity contribution in [2.45, 2.75) is 32.0 Å². The van der Waals surface area contributed by atoms with E-state index in [1.165, 1.54) is 6.07 Å². The first-order valence-corrected chi connectivity index (χ1v) is 7.94. The van der Waals surface area contributed by atoms with Crippen LogP contribution in [-0.2, 0) is 11.0 Å². The Labute approximate surface area is 140 Å². The predicted molar refractivity (Wildman–Crippen MR) is 86.0 cm³/mol.